The lowest BCUT2D eigenvalue weighted by molar-refractivity contribution is -0.0424. The highest BCUT2D eigenvalue weighted by molar-refractivity contribution is 7.90. The number of benzene rings is 1. The molecule has 1 aromatic rings. The van der Waals surface area contributed by atoms with Gasteiger partial charge in [0, 0.05) is 19.1 Å². The van der Waals surface area contributed by atoms with Crippen molar-refractivity contribution in [3.63, 3.8) is 0 Å². The molecule has 1 N–H and O–H groups in total. The lowest BCUT2D eigenvalue weighted by Gasteiger charge is -2.27. The predicted molar refractivity (Wildman–Crippen MR) is 71.2 cm³/mol. The van der Waals surface area contributed by atoms with Gasteiger partial charge >= 0.3 is 0 Å². The molecule has 1 atom stereocenters. The van der Waals surface area contributed by atoms with Crippen LogP contribution in [0.5, 0.6) is 0 Å². The van der Waals surface area contributed by atoms with E-state index in [9.17, 15) is 13.5 Å². The van der Waals surface area contributed by atoms with Crippen molar-refractivity contribution in [2.24, 2.45) is 0 Å². The molecular weight excluding hydrogens is 252 g/mol. The van der Waals surface area contributed by atoms with Gasteiger partial charge in [0.25, 0.3) is 0 Å². The Morgan fingerprint density at radius 2 is 1.89 bits per heavy atom. The number of hydrogen-bond donors (Lipinski definition) is 1. The monoisotopic (exact) mass is 272 g/mol. The van der Waals surface area contributed by atoms with Gasteiger partial charge < -0.3 is 9.84 Å². The van der Waals surface area contributed by atoms with Crippen LogP contribution in [-0.4, -0.2) is 39.2 Å². The lowest BCUT2D eigenvalue weighted by Crippen LogP contribution is -2.31. The van der Waals surface area contributed by atoms with E-state index in [0.29, 0.717) is 12.8 Å². The zero-order valence-electron chi connectivity index (χ0n) is 10.8. The number of rotatable bonds is 7. The maximum Gasteiger partial charge on any atom is 0.147 e. The molecule has 18 heavy (non-hydrogen) atoms. The van der Waals surface area contributed by atoms with Crippen molar-refractivity contribution in [3.8, 4) is 0 Å². The van der Waals surface area contributed by atoms with Crippen molar-refractivity contribution in [3.05, 3.63) is 35.9 Å². The summed E-state index contributed by atoms with van der Waals surface area (Å²) in [5, 5.41) is 10.6. The second-order valence-corrected chi connectivity index (χ2v) is 6.82. The average Bonchev–Trinajstić information content (AvgIpc) is 2.29. The highest BCUT2D eigenvalue weighted by atomic mass is 32.2. The van der Waals surface area contributed by atoms with Gasteiger partial charge in [-0.3, -0.25) is 0 Å². The maximum atomic E-state index is 11.1. The van der Waals surface area contributed by atoms with Crippen molar-refractivity contribution in [1.82, 2.24) is 0 Å². The zero-order chi connectivity index (χ0) is 13.6. The van der Waals surface area contributed by atoms with Crippen molar-refractivity contribution in [2.75, 3.05) is 25.7 Å². The highest BCUT2D eigenvalue weighted by Crippen LogP contribution is 2.26. The summed E-state index contributed by atoms with van der Waals surface area (Å²) in [5.41, 5.74) is -0.374. The van der Waals surface area contributed by atoms with E-state index in [1.54, 1.807) is 0 Å². The number of sulfone groups is 1. The molecule has 1 rings (SSSR count). The second kappa shape index (κ2) is 6.31. The fraction of sp³-hybridized carbons (Fsp3) is 0.538. The smallest absolute Gasteiger partial charge is 0.147 e. The summed E-state index contributed by atoms with van der Waals surface area (Å²) in [6.07, 6.45) is 1.97. The van der Waals surface area contributed by atoms with Crippen LogP contribution in [0.2, 0.25) is 0 Å². The topological polar surface area (TPSA) is 63.6 Å². The summed E-state index contributed by atoms with van der Waals surface area (Å²) in [6.45, 7) is 0.154. The Kier molecular flexibility index (Phi) is 5.31. The van der Waals surface area contributed by atoms with Crippen molar-refractivity contribution in [2.45, 2.75) is 18.4 Å². The highest BCUT2D eigenvalue weighted by Gasteiger charge is 2.29. The Hall–Kier alpha value is -0.910. The Balaban J connectivity index is 2.75. The molecule has 0 heterocycles. The molecule has 102 valence electrons. The Morgan fingerprint density at radius 3 is 2.39 bits per heavy atom. The minimum atomic E-state index is -3.00. The molecule has 0 aliphatic rings. The van der Waals surface area contributed by atoms with Gasteiger partial charge in [0.2, 0.25) is 0 Å². The zero-order valence-corrected chi connectivity index (χ0v) is 11.6. The summed E-state index contributed by atoms with van der Waals surface area (Å²) in [5.74, 6) is 0.0753. The molecule has 0 saturated carbocycles. The molecule has 4 nitrogen and oxygen atoms in total. The van der Waals surface area contributed by atoms with Crippen molar-refractivity contribution < 1.29 is 18.3 Å². The molecule has 0 radical (unpaired) electrons. The number of hydrogen-bond acceptors (Lipinski definition) is 4. The third-order valence-electron chi connectivity index (χ3n) is 2.80. The molecule has 0 aliphatic heterocycles. The van der Waals surface area contributed by atoms with E-state index in [2.05, 4.69) is 0 Å². The second-order valence-electron chi connectivity index (χ2n) is 4.56. The standard InChI is InChI=1S/C13H20O4S/c1-17-11-13(14,9-6-10-18(2,15)16)12-7-4-3-5-8-12/h3-5,7-8,14H,6,9-11H2,1-2H3. The number of aliphatic hydroxyl groups is 1. The van der Waals surface area contributed by atoms with Crippen LogP contribution in [0.15, 0.2) is 30.3 Å². The fourth-order valence-electron chi connectivity index (χ4n) is 1.91. The molecule has 5 heteroatoms. The van der Waals surface area contributed by atoms with Crippen LogP contribution in [0.4, 0.5) is 0 Å². The van der Waals surface area contributed by atoms with Gasteiger partial charge in [-0.2, -0.15) is 0 Å². The largest absolute Gasteiger partial charge is 0.383 e. The average molecular weight is 272 g/mol. The molecule has 0 fully saturated rings. The van der Waals surface area contributed by atoms with Crippen LogP contribution in [-0.2, 0) is 20.2 Å². The third-order valence-corrected chi connectivity index (χ3v) is 3.83. The van der Waals surface area contributed by atoms with Crippen LogP contribution in [0.1, 0.15) is 18.4 Å². The molecule has 0 amide bonds. The van der Waals surface area contributed by atoms with Gasteiger partial charge in [0.15, 0.2) is 0 Å². The molecule has 0 aromatic heterocycles. The van der Waals surface area contributed by atoms with Gasteiger partial charge in [-0.15, -0.1) is 0 Å². The molecule has 0 aliphatic carbocycles. The minimum absolute atomic E-state index is 0.0753. The van der Waals surface area contributed by atoms with E-state index in [4.69, 9.17) is 4.74 Å². The Morgan fingerprint density at radius 1 is 1.28 bits per heavy atom. The lowest BCUT2D eigenvalue weighted by atomic mass is 9.90. The Bertz CT molecular complexity index is 455. The quantitative estimate of drug-likeness (QED) is 0.813. The first-order valence-corrected chi connectivity index (χ1v) is 7.88. The molecule has 1 aromatic carbocycles. The third kappa shape index (κ3) is 4.76. The van der Waals surface area contributed by atoms with E-state index < -0.39 is 15.4 Å². The molecular formula is C13H20O4S. The Labute approximate surface area is 109 Å². The number of ether oxygens (including phenoxy) is 1. The summed E-state index contributed by atoms with van der Waals surface area (Å²) >= 11 is 0. The van der Waals surface area contributed by atoms with E-state index in [1.807, 2.05) is 30.3 Å². The summed E-state index contributed by atoms with van der Waals surface area (Å²) in [6, 6.07) is 9.19. The molecule has 0 bridgehead atoms. The van der Waals surface area contributed by atoms with Crippen molar-refractivity contribution >= 4 is 9.84 Å². The van der Waals surface area contributed by atoms with Crippen LogP contribution in [0.25, 0.3) is 0 Å². The van der Waals surface area contributed by atoms with Crippen LogP contribution in [0.3, 0.4) is 0 Å². The van der Waals surface area contributed by atoms with Gasteiger partial charge in [-0.05, 0) is 18.4 Å². The van der Waals surface area contributed by atoms with E-state index in [1.165, 1.54) is 13.4 Å². The van der Waals surface area contributed by atoms with Crippen LogP contribution in [0, 0.1) is 0 Å². The van der Waals surface area contributed by atoms with E-state index >= 15 is 0 Å². The summed E-state index contributed by atoms with van der Waals surface area (Å²) in [4.78, 5) is 0. The van der Waals surface area contributed by atoms with Crippen LogP contribution < -0.4 is 0 Å². The van der Waals surface area contributed by atoms with E-state index in [-0.39, 0.29) is 12.4 Å². The van der Waals surface area contributed by atoms with Gasteiger partial charge in [0.1, 0.15) is 15.4 Å². The summed E-state index contributed by atoms with van der Waals surface area (Å²) < 4.78 is 27.2. The SMILES string of the molecule is COCC(O)(CCCS(C)(=O)=O)c1ccccc1. The number of methoxy groups -OCH3 is 1. The molecule has 0 spiro atoms. The predicted octanol–water partition coefficient (Wildman–Crippen LogP) is 1.35. The first-order valence-electron chi connectivity index (χ1n) is 5.82. The fourth-order valence-corrected chi connectivity index (χ4v) is 2.58. The summed E-state index contributed by atoms with van der Waals surface area (Å²) in [7, 11) is -1.48. The van der Waals surface area contributed by atoms with Gasteiger partial charge in [0.05, 0.1) is 6.61 Å². The molecule has 1 unspecified atom stereocenters. The van der Waals surface area contributed by atoms with Gasteiger partial charge in [-0.1, -0.05) is 30.3 Å². The maximum absolute atomic E-state index is 11.1. The first kappa shape index (κ1) is 15.1. The van der Waals surface area contributed by atoms with Crippen molar-refractivity contribution in [1.29, 1.82) is 0 Å². The first-order chi connectivity index (χ1) is 8.37. The molecule has 0 saturated heterocycles. The van der Waals surface area contributed by atoms with E-state index in [0.717, 1.165) is 5.56 Å². The van der Waals surface area contributed by atoms with Crippen LogP contribution >= 0.6 is 0 Å². The normalized spacial score (nSPS) is 15.3. The van der Waals surface area contributed by atoms with Gasteiger partial charge in [-0.25, -0.2) is 8.42 Å². The minimum Gasteiger partial charge on any atom is -0.383 e.